The lowest BCUT2D eigenvalue weighted by Gasteiger charge is -2.10. The average Bonchev–Trinajstić information content (AvgIpc) is 3.31. The van der Waals surface area contributed by atoms with E-state index in [1.807, 2.05) is 48.7 Å². The topological polar surface area (TPSA) is 71.6 Å². The minimum atomic E-state index is -0.849. The fraction of sp³-hybridized carbons (Fsp3) is 0.182. The molecule has 0 radical (unpaired) electrons. The molecular formula is C22H17ClN4OS2. The van der Waals surface area contributed by atoms with Crippen molar-refractivity contribution < 1.29 is 4.79 Å². The van der Waals surface area contributed by atoms with Crippen LogP contribution in [-0.4, -0.2) is 26.1 Å². The van der Waals surface area contributed by atoms with Gasteiger partial charge in [-0.1, -0.05) is 53.7 Å². The van der Waals surface area contributed by atoms with Crippen molar-refractivity contribution >= 4 is 51.5 Å². The van der Waals surface area contributed by atoms with Gasteiger partial charge in [-0.15, -0.1) is 11.3 Å². The Balaban J connectivity index is 1.61. The van der Waals surface area contributed by atoms with Gasteiger partial charge in [0.2, 0.25) is 0 Å². The molecule has 0 saturated carbocycles. The third-order valence-electron chi connectivity index (χ3n) is 4.54. The molecule has 4 aromatic rings. The first kappa shape index (κ1) is 20.6. The fourth-order valence-corrected chi connectivity index (χ4v) is 5.05. The van der Waals surface area contributed by atoms with Crippen LogP contribution < -0.4 is 0 Å². The highest BCUT2D eigenvalue weighted by molar-refractivity contribution is 7.99. The van der Waals surface area contributed by atoms with E-state index < -0.39 is 5.92 Å². The second kappa shape index (κ2) is 9.00. The molecule has 0 aliphatic heterocycles. The number of halogens is 1. The summed E-state index contributed by atoms with van der Waals surface area (Å²) in [6.07, 6.45) is 0. The summed E-state index contributed by atoms with van der Waals surface area (Å²) < 4.78 is 2.08. The summed E-state index contributed by atoms with van der Waals surface area (Å²) in [6.45, 7) is 2.48. The summed E-state index contributed by atoms with van der Waals surface area (Å²) >= 11 is 8.83. The summed E-state index contributed by atoms with van der Waals surface area (Å²) in [4.78, 5) is 21.8. The average molecular weight is 453 g/mol. The molecule has 0 fully saturated rings. The summed E-state index contributed by atoms with van der Waals surface area (Å²) in [6, 6.07) is 17.8. The Kier molecular flexibility index (Phi) is 6.18. The summed E-state index contributed by atoms with van der Waals surface area (Å²) in [5, 5.41) is 13.2. The zero-order chi connectivity index (χ0) is 21.1. The van der Waals surface area contributed by atoms with Crippen LogP contribution in [0.15, 0.2) is 59.1 Å². The minimum Gasteiger partial charge on any atom is -0.314 e. The van der Waals surface area contributed by atoms with Crippen LogP contribution in [0.5, 0.6) is 0 Å². The number of imidazole rings is 1. The molecule has 4 rings (SSSR count). The van der Waals surface area contributed by atoms with Crippen LogP contribution >= 0.6 is 34.7 Å². The number of aryl methyl sites for hydroxylation is 1. The van der Waals surface area contributed by atoms with Crippen LogP contribution in [0, 0.1) is 18.3 Å². The van der Waals surface area contributed by atoms with Crippen LogP contribution in [-0.2, 0) is 11.3 Å². The number of benzene rings is 2. The van der Waals surface area contributed by atoms with Gasteiger partial charge in [0.15, 0.2) is 16.9 Å². The number of nitrogens with zero attached hydrogens (tertiary/aromatic N) is 4. The number of aromatic nitrogens is 3. The lowest BCUT2D eigenvalue weighted by atomic mass is 10.1. The Labute approximate surface area is 187 Å². The normalized spacial score (nSPS) is 12.0. The molecule has 0 spiro atoms. The molecule has 2 heterocycles. The van der Waals surface area contributed by atoms with Crippen molar-refractivity contribution in [2.24, 2.45) is 0 Å². The van der Waals surface area contributed by atoms with Gasteiger partial charge in [0.1, 0.15) is 5.01 Å². The predicted molar refractivity (Wildman–Crippen MR) is 121 cm³/mol. The van der Waals surface area contributed by atoms with Crippen molar-refractivity contribution in [1.29, 1.82) is 5.26 Å². The Morgan fingerprint density at radius 2 is 2.07 bits per heavy atom. The number of nitriles is 1. The molecular weight excluding hydrogens is 436 g/mol. The molecule has 150 valence electrons. The van der Waals surface area contributed by atoms with E-state index in [1.165, 1.54) is 23.1 Å². The lowest BCUT2D eigenvalue weighted by molar-refractivity contribution is -0.116. The molecule has 2 aromatic carbocycles. The molecule has 0 amide bonds. The number of hydrogen-bond acceptors (Lipinski definition) is 6. The molecule has 0 N–H and O–H groups in total. The van der Waals surface area contributed by atoms with Crippen molar-refractivity contribution in [3.63, 3.8) is 0 Å². The fourth-order valence-electron chi connectivity index (χ4n) is 3.10. The molecule has 0 bridgehead atoms. The highest BCUT2D eigenvalue weighted by Crippen LogP contribution is 2.29. The number of ketones is 1. The van der Waals surface area contributed by atoms with Crippen LogP contribution in [0.25, 0.3) is 11.0 Å². The van der Waals surface area contributed by atoms with Crippen molar-refractivity contribution in [3.05, 3.63) is 75.2 Å². The van der Waals surface area contributed by atoms with E-state index in [0.717, 1.165) is 27.4 Å². The van der Waals surface area contributed by atoms with Gasteiger partial charge < -0.3 is 4.57 Å². The second-order valence-electron chi connectivity index (χ2n) is 6.74. The number of hydrogen-bond donors (Lipinski definition) is 0. The number of thioether (sulfide) groups is 1. The Morgan fingerprint density at radius 1 is 1.27 bits per heavy atom. The molecule has 5 nitrogen and oxygen atoms in total. The van der Waals surface area contributed by atoms with Gasteiger partial charge in [-0.3, -0.25) is 4.79 Å². The number of Topliss-reactive ketones (excluding diaryl/α,β-unsaturated/α-hetero) is 1. The van der Waals surface area contributed by atoms with Crippen molar-refractivity contribution in [3.8, 4) is 6.07 Å². The largest absolute Gasteiger partial charge is 0.314 e. The van der Waals surface area contributed by atoms with Crippen LogP contribution in [0.4, 0.5) is 0 Å². The Morgan fingerprint density at radius 3 is 2.77 bits per heavy atom. The van der Waals surface area contributed by atoms with Gasteiger partial charge in [-0.05, 0) is 30.7 Å². The molecule has 30 heavy (non-hydrogen) atoms. The predicted octanol–water partition coefficient (Wildman–Crippen LogP) is 5.47. The van der Waals surface area contributed by atoms with E-state index in [4.69, 9.17) is 16.6 Å². The van der Waals surface area contributed by atoms with Gasteiger partial charge >= 0.3 is 0 Å². The summed E-state index contributed by atoms with van der Waals surface area (Å²) in [5.41, 5.74) is 3.68. The quantitative estimate of drug-likeness (QED) is 0.347. The van der Waals surface area contributed by atoms with E-state index in [9.17, 15) is 10.1 Å². The summed E-state index contributed by atoms with van der Waals surface area (Å²) in [7, 11) is 0. The molecule has 8 heteroatoms. The molecule has 0 saturated heterocycles. The van der Waals surface area contributed by atoms with Crippen LogP contribution in [0.1, 0.15) is 22.2 Å². The molecule has 2 aromatic heterocycles. The SMILES string of the molecule is Cc1csc([C@H](C#N)C(=O)CSc2nc3cc(Cl)ccc3n2Cc2ccccc2)n1. The zero-order valence-corrected chi connectivity index (χ0v) is 18.5. The maximum atomic E-state index is 12.8. The first-order valence-corrected chi connectivity index (χ1v) is 11.5. The second-order valence-corrected chi connectivity index (χ2v) is 9.01. The number of carbonyl (C=O) groups is 1. The first-order valence-electron chi connectivity index (χ1n) is 9.22. The maximum Gasteiger partial charge on any atom is 0.169 e. The van der Waals surface area contributed by atoms with Gasteiger partial charge in [0.05, 0.1) is 29.4 Å². The molecule has 1 atom stereocenters. The standard InChI is InChI=1S/C22H17ClN4OS2/c1-14-12-29-21(25-14)17(10-24)20(28)13-30-22-26-18-9-16(23)7-8-19(18)27(22)11-15-5-3-2-4-6-15/h2-9,12,17H,11,13H2,1H3/t17-/m1/s1. The summed E-state index contributed by atoms with van der Waals surface area (Å²) in [5.74, 6) is -0.881. The van der Waals surface area contributed by atoms with E-state index in [0.29, 0.717) is 16.6 Å². The number of fused-ring (bicyclic) bond motifs is 1. The molecule has 0 aliphatic rings. The number of rotatable bonds is 7. The lowest BCUT2D eigenvalue weighted by Crippen LogP contribution is -2.14. The van der Waals surface area contributed by atoms with Crippen LogP contribution in [0.3, 0.4) is 0 Å². The first-order chi connectivity index (χ1) is 14.5. The van der Waals surface area contributed by atoms with Gasteiger partial charge in [-0.25, -0.2) is 9.97 Å². The van der Waals surface area contributed by atoms with Crippen LogP contribution in [0.2, 0.25) is 5.02 Å². The van der Waals surface area contributed by atoms with E-state index in [2.05, 4.69) is 27.8 Å². The number of thiazole rings is 1. The van der Waals surface area contributed by atoms with Crippen molar-refractivity contribution in [1.82, 2.24) is 14.5 Å². The smallest absolute Gasteiger partial charge is 0.169 e. The van der Waals surface area contributed by atoms with E-state index >= 15 is 0 Å². The molecule has 0 aliphatic carbocycles. The Bertz CT molecular complexity index is 1240. The highest BCUT2D eigenvalue weighted by atomic mass is 35.5. The van der Waals surface area contributed by atoms with Gasteiger partial charge in [-0.2, -0.15) is 5.26 Å². The zero-order valence-electron chi connectivity index (χ0n) is 16.1. The minimum absolute atomic E-state index is 0.142. The van der Waals surface area contributed by atoms with Gasteiger partial charge in [0.25, 0.3) is 0 Å². The Hall–Kier alpha value is -2.66. The van der Waals surface area contributed by atoms with Crippen molar-refractivity contribution in [2.45, 2.75) is 24.5 Å². The monoisotopic (exact) mass is 452 g/mol. The van der Waals surface area contributed by atoms with Crippen molar-refractivity contribution in [2.75, 3.05) is 5.75 Å². The highest BCUT2D eigenvalue weighted by Gasteiger charge is 2.24. The maximum absolute atomic E-state index is 12.8. The van der Waals surface area contributed by atoms with E-state index in [-0.39, 0.29) is 11.5 Å². The number of carbonyl (C=O) groups excluding carboxylic acids is 1. The van der Waals surface area contributed by atoms with E-state index in [1.54, 1.807) is 0 Å². The third-order valence-corrected chi connectivity index (χ3v) is 6.80. The van der Waals surface area contributed by atoms with Gasteiger partial charge in [0, 0.05) is 16.1 Å². The molecule has 0 unspecified atom stereocenters. The third kappa shape index (κ3) is 4.41.